The molecule has 0 saturated carbocycles. The van der Waals surface area contributed by atoms with Gasteiger partial charge in [0.05, 0.1) is 0 Å². The molecule has 0 unspecified atom stereocenters. The molecule has 0 saturated heterocycles. The summed E-state index contributed by atoms with van der Waals surface area (Å²) in [7, 11) is 1.98. The first-order chi connectivity index (χ1) is 6.74. The van der Waals surface area contributed by atoms with Gasteiger partial charge in [-0.3, -0.25) is 4.98 Å². The van der Waals surface area contributed by atoms with E-state index in [-0.39, 0.29) is 0 Å². The van der Waals surface area contributed by atoms with Gasteiger partial charge in [-0.2, -0.15) is 5.10 Å². The monoisotopic (exact) mass is 191 g/mol. The first-order valence-corrected chi connectivity index (χ1v) is 4.84. The van der Waals surface area contributed by atoms with Crippen LogP contribution in [0.15, 0.2) is 23.4 Å². The topological polar surface area (TPSA) is 28.5 Å². The van der Waals surface area contributed by atoms with Crippen LogP contribution in [-0.2, 0) is 6.42 Å². The Morgan fingerprint density at radius 2 is 2.36 bits per heavy atom. The molecule has 76 valence electrons. The van der Waals surface area contributed by atoms with Gasteiger partial charge in [-0.15, -0.1) is 0 Å². The van der Waals surface area contributed by atoms with Crippen molar-refractivity contribution in [2.75, 3.05) is 13.6 Å². The number of likely N-dealkylation sites (N-methyl/N-ethyl adjacent to an activating group) is 1. The Balaban J connectivity index is 2.49. The number of hydrogen-bond donors (Lipinski definition) is 0. The molecule has 0 atom stereocenters. The zero-order chi connectivity index (χ0) is 10.4. The summed E-state index contributed by atoms with van der Waals surface area (Å²) in [5, 5.41) is 6.09. The molecule has 0 spiro atoms. The number of pyridine rings is 1. The number of rotatable bonds is 4. The van der Waals surface area contributed by atoms with Crippen LogP contribution in [0.1, 0.15) is 18.2 Å². The zero-order valence-electron chi connectivity index (χ0n) is 9.07. The SMILES string of the molecule is CC=NN(C)CCc1cccnc1C. The highest BCUT2D eigenvalue weighted by atomic mass is 15.4. The molecule has 1 aromatic rings. The normalized spacial score (nSPS) is 10.8. The van der Waals surface area contributed by atoms with Crippen LogP contribution < -0.4 is 0 Å². The number of hydrazone groups is 1. The lowest BCUT2D eigenvalue weighted by atomic mass is 10.1. The van der Waals surface area contributed by atoms with Crippen LogP contribution in [0.25, 0.3) is 0 Å². The van der Waals surface area contributed by atoms with Gasteiger partial charge in [0.2, 0.25) is 0 Å². The predicted octanol–water partition coefficient (Wildman–Crippen LogP) is 1.87. The average molecular weight is 191 g/mol. The quantitative estimate of drug-likeness (QED) is 0.537. The average Bonchev–Trinajstić information content (AvgIpc) is 2.17. The van der Waals surface area contributed by atoms with E-state index >= 15 is 0 Å². The van der Waals surface area contributed by atoms with E-state index in [1.807, 2.05) is 38.2 Å². The van der Waals surface area contributed by atoms with Crippen LogP contribution in [0.4, 0.5) is 0 Å². The number of aromatic nitrogens is 1. The van der Waals surface area contributed by atoms with Crippen LogP contribution in [0.3, 0.4) is 0 Å². The lowest BCUT2D eigenvalue weighted by molar-refractivity contribution is 0.360. The van der Waals surface area contributed by atoms with E-state index in [0.29, 0.717) is 0 Å². The van der Waals surface area contributed by atoms with E-state index < -0.39 is 0 Å². The van der Waals surface area contributed by atoms with Gasteiger partial charge in [0.15, 0.2) is 0 Å². The van der Waals surface area contributed by atoms with Crippen molar-refractivity contribution in [2.24, 2.45) is 5.10 Å². The molecule has 14 heavy (non-hydrogen) atoms. The molecule has 0 aliphatic heterocycles. The maximum atomic E-state index is 4.25. The van der Waals surface area contributed by atoms with Crippen LogP contribution >= 0.6 is 0 Å². The molecule has 1 aromatic heterocycles. The Morgan fingerprint density at radius 1 is 1.57 bits per heavy atom. The van der Waals surface area contributed by atoms with Crippen molar-refractivity contribution in [1.82, 2.24) is 9.99 Å². The maximum Gasteiger partial charge on any atom is 0.0405 e. The second-order valence-corrected chi connectivity index (χ2v) is 3.25. The summed E-state index contributed by atoms with van der Waals surface area (Å²) in [6.07, 6.45) is 4.62. The number of hydrogen-bond acceptors (Lipinski definition) is 3. The summed E-state index contributed by atoms with van der Waals surface area (Å²) in [5.41, 5.74) is 2.41. The maximum absolute atomic E-state index is 4.25. The summed E-state index contributed by atoms with van der Waals surface area (Å²) >= 11 is 0. The van der Waals surface area contributed by atoms with E-state index in [1.165, 1.54) is 5.56 Å². The fraction of sp³-hybridized carbons (Fsp3) is 0.455. The largest absolute Gasteiger partial charge is 0.300 e. The molecule has 0 fully saturated rings. The van der Waals surface area contributed by atoms with Crippen molar-refractivity contribution < 1.29 is 0 Å². The summed E-state index contributed by atoms with van der Waals surface area (Å²) in [4.78, 5) is 4.25. The molecule has 1 heterocycles. The van der Waals surface area contributed by atoms with Crippen LogP contribution in [0.5, 0.6) is 0 Å². The van der Waals surface area contributed by atoms with Gasteiger partial charge in [-0.25, -0.2) is 0 Å². The molecule has 3 heteroatoms. The van der Waals surface area contributed by atoms with Crippen molar-refractivity contribution >= 4 is 6.21 Å². The predicted molar refractivity (Wildman–Crippen MR) is 59.5 cm³/mol. The Bertz CT molecular complexity index is 307. The molecule has 0 amide bonds. The van der Waals surface area contributed by atoms with E-state index in [0.717, 1.165) is 18.7 Å². The van der Waals surface area contributed by atoms with Gasteiger partial charge in [0, 0.05) is 31.7 Å². The standard InChI is InChI=1S/C11H17N3/c1-4-13-14(3)9-7-11-6-5-8-12-10(11)2/h4-6,8H,7,9H2,1-3H3. The van der Waals surface area contributed by atoms with Gasteiger partial charge >= 0.3 is 0 Å². The van der Waals surface area contributed by atoms with Gasteiger partial charge in [0.25, 0.3) is 0 Å². The summed E-state index contributed by atoms with van der Waals surface area (Å²) in [5.74, 6) is 0. The third kappa shape index (κ3) is 3.17. The van der Waals surface area contributed by atoms with E-state index in [4.69, 9.17) is 0 Å². The van der Waals surface area contributed by atoms with E-state index in [2.05, 4.69) is 16.2 Å². The first-order valence-electron chi connectivity index (χ1n) is 4.84. The summed E-state index contributed by atoms with van der Waals surface area (Å²) < 4.78 is 0. The smallest absolute Gasteiger partial charge is 0.0405 e. The molecule has 0 aliphatic rings. The lowest BCUT2D eigenvalue weighted by Gasteiger charge is -2.12. The number of nitrogens with zero attached hydrogens (tertiary/aromatic N) is 3. The Hall–Kier alpha value is -1.38. The Morgan fingerprint density at radius 3 is 3.00 bits per heavy atom. The number of aryl methyl sites for hydroxylation is 1. The van der Waals surface area contributed by atoms with Crippen molar-refractivity contribution in [3.8, 4) is 0 Å². The second-order valence-electron chi connectivity index (χ2n) is 3.25. The highest BCUT2D eigenvalue weighted by molar-refractivity contribution is 5.52. The Kier molecular flexibility index (Phi) is 4.11. The molecule has 0 aromatic carbocycles. The molecular formula is C11H17N3. The minimum Gasteiger partial charge on any atom is -0.300 e. The van der Waals surface area contributed by atoms with Gasteiger partial charge in [0.1, 0.15) is 0 Å². The molecular weight excluding hydrogens is 174 g/mol. The van der Waals surface area contributed by atoms with Crippen LogP contribution in [0, 0.1) is 6.92 Å². The van der Waals surface area contributed by atoms with Crippen LogP contribution in [0.2, 0.25) is 0 Å². The third-order valence-corrected chi connectivity index (χ3v) is 2.13. The molecule has 0 bridgehead atoms. The molecule has 3 nitrogen and oxygen atoms in total. The van der Waals surface area contributed by atoms with E-state index in [9.17, 15) is 0 Å². The van der Waals surface area contributed by atoms with Gasteiger partial charge in [-0.1, -0.05) is 6.07 Å². The first kappa shape index (κ1) is 10.7. The minimum atomic E-state index is 0.927. The lowest BCUT2D eigenvalue weighted by Crippen LogP contribution is -2.15. The molecule has 1 rings (SSSR count). The third-order valence-electron chi connectivity index (χ3n) is 2.13. The molecule has 0 N–H and O–H groups in total. The fourth-order valence-electron chi connectivity index (χ4n) is 1.32. The van der Waals surface area contributed by atoms with E-state index in [1.54, 1.807) is 6.21 Å². The van der Waals surface area contributed by atoms with Crippen molar-refractivity contribution in [1.29, 1.82) is 0 Å². The molecule has 0 aliphatic carbocycles. The highest BCUT2D eigenvalue weighted by Crippen LogP contribution is 2.04. The Labute approximate surface area is 85.5 Å². The minimum absolute atomic E-state index is 0.927. The van der Waals surface area contributed by atoms with Crippen molar-refractivity contribution in [2.45, 2.75) is 20.3 Å². The molecule has 0 radical (unpaired) electrons. The fourth-order valence-corrected chi connectivity index (χ4v) is 1.32. The second kappa shape index (κ2) is 5.37. The summed E-state index contributed by atoms with van der Waals surface area (Å²) in [6.45, 7) is 4.89. The van der Waals surface area contributed by atoms with Gasteiger partial charge < -0.3 is 5.01 Å². The zero-order valence-corrected chi connectivity index (χ0v) is 9.07. The summed E-state index contributed by atoms with van der Waals surface area (Å²) in [6, 6.07) is 4.09. The van der Waals surface area contributed by atoms with Gasteiger partial charge in [-0.05, 0) is 31.9 Å². The van der Waals surface area contributed by atoms with Crippen molar-refractivity contribution in [3.63, 3.8) is 0 Å². The van der Waals surface area contributed by atoms with Crippen molar-refractivity contribution in [3.05, 3.63) is 29.6 Å². The van der Waals surface area contributed by atoms with Crippen LogP contribution in [-0.4, -0.2) is 29.8 Å². The highest BCUT2D eigenvalue weighted by Gasteiger charge is 1.99.